The van der Waals surface area contributed by atoms with Crippen molar-refractivity contribution < 1.29 is 18.7 Å². The third-order valence-corrected chi connectivity index (χ3v) is 6.33. The van der Waals surface area contributed by atoms with E-state index >= 15 is 4.39 Å². The molecule has 1 unspecified atom stereocenters. The number of rotatable bonds is 9. The maximum absolute atomic E-state index is 15.1. The Morgan fingerprint density at radius 2 is 1.95 bits per heavy atom. The number of pyridine rings is 1. The fourth-order valence-electron chi connectivity index (χ4n) is 4.19. The molecular formula is C31H34FN5O3. The van der Waals surface area contributed by atoms with Crippen LogP contribution in [-0.2, 0) is 16.8 Å². The molecule has 208 valence electrons. The lowest BCUT2D eigenvalue weighted by molar-refractivity contribution is -0.115. The molecule has 2 heterocycles. The molecule has 2 aromatic heterocycles. The molecule has 9 heteroatoms. The number of nitrogens with zero attached hydrogens (tertiary/aromatic N) is 3. The van der Waals surface area contributed by atoms with Crippen molar-refractivity contribution in [2.75, 3.05) is 5.32 Å². The van der Waals surface area contributed by atoms with Gasteiger partial charge in [0, 0.05) is 35.5 Å². The third kappa shape index (κ3) is 6.72. The molecule has 0 aliphatic heterocycles. The van der Waals surface area contributed by atoms with Gasteiger partial charge in [-0.3, -0.25) is 19.3 Å². The van der Waals surface area contributed by atoms with Crippen LogP contribution in [-0.4, -0.2) is 32.6 Å². The van der Waals surface area contributed by atoms with E-state index in [4.69, 9.17) is 4.74 Å². The largest absolute Gasteiger partial charge is 0.456 e. The van der Waals surface area contributed by atoms with Crippen LogP contribution in [0, 0.1) is 12.7 Å². The zero-order valence-corrected chi connectivity index (χ0v) is 23.4. The Balaban J connectivity index is 1.52. The number of ether oxygens (including phenoxy) is 1. The second-order valence-electron chi connectivity index (χ2n) is 10.8. The molecule has 0 aliphatic carbocycles. The van der Waals surface area contributed by atoms with E-state index < -0.39 is 5.82 Å². The number of hydrogen-bond donors (Lipinski definition) is 2. The summed E-state index contributed by atoms with van der Waals surface area (Å²) < 4.78 is 23.0. The number of benzene rings is 2. The van der Waals surface area contributed by atoms with Crippen LogP contribution < -0.4 is 15.4 Å². The van der Waals surface area contributed by atoms with Crippen LogP contribution in [0.2, 0.25) is 0 Å². The van der Waals surface area contributed by atoms with Crippen molar-refractivity contribution in [2.24, 2.45) is 0 Å². The SMILES string of the molecule is C=CCC(C)NC(=O)c1ccc2nccc(Oc3cc(F)c(CC(=O)Nc4cnn(C(C)(C)C)c4)cc3C)c2c1. The summed E-state index contributed by atoms with van der Waals surface area (Å²) in [6.07, 6.45) is 7.16. The average Bonchev–Trinajstić information content (AvgIpc) is 3.36. The number of fused-ring (bicyclic) bond motifs is 1. The minimum absolute atomic E-state index is 0.0576. The van der Waals surface area contributed by atoms with Gasteiger partial charge in [0.05, 0.1) is 29.4 Å². The predicted molar refractivity (Wildman–Crippen MR) is 154 cm³/mol. The van der Waals surface area contributed by atoms with Gasteiger partial charge in [-0.2, -0.15) is 5.10 Å². The fraction of sp³-hybridized carbons (Fsp3) is 0.290. The van der Waals surface area contributed by atoms with Gasteiger partial charge in [-0.15, -0.1) is 6.58 Å². The van der Waals surface area contributed by atoms with Crippen LogP contribution in [0.5, 0.6) is 11.5 Å². The van der Waals surface area contributed by atoms with Crippen LogP contribution in [0.4, 0.5) is 10.1 Å². The Hall–Kier alpha value is -4.53. The number of aryl methyl sites for hydroxylation is 1. The highest BCUT2D eigenvalue weighted by atomic mass is 19.1. The summed E-state index contributed by atoms with van der Waals surface area (Å²) in [6.45, 7) is 13.4. The molecule has 0 bridgehead atoms. The van der Waals surface area contributed by atoms with Crippen molar-refractivity contribution in [3.05, 3.63) is 90.2 Å². The van der Waals surface area contributed by atoms with E-state index in [0.717, 1.165) is 0 Å². The summed E-state index contributed by atoms with van der Waals surface area (Å²) in [5, 5.41) is 10.6. The topological polar surface area (TPSA) is 98.1 Å². The van der Waals surface area contributed by atoms with Crippen LogP contribution in [0.3, 0.4) is 0 Å². The molecule has 0 fully saturated rings. The van der Waals surface area contributed by atoms with E-state index in [0.29, 0.717) is 45.6 Å². The number of halogens is 1. The molecule has 0 radical (unpaired) electrons. The van der Waals surface area contributed by atoms with Gasteiger partial charge >= 0.3 is 0 Å². The van der Waals surface area contributed by atoms with Crippen molar-refractivity contribution in [1.29, 1.82) is 0 Å². The summed E-state index contributed by atoms with van der Waals surface area (Å²) >= 11 is 0. The van der Waals surface area contributed by atoms with Gasteiger partial charge in [0.1, 0.15) is 17.3 Å². The highest BCUT2D eigenvalue weighted by Gasteiger charge is 2.18. The molecule has 4 rings (SSSR count). The Morgan fingerprint density at radius 1 is 1.18 bits per heavy atom. The molecule has 2 N–H and O–H groups in total. The fourth-order valence-corrected chi connectivity index (χ4v) is 4.19. The molecule has 1 atom stereocenters. The Bertz CT molecular complexity index is 1570. The monoisotopic (exact) mass is 543 g/mol. The Kier molecular flexibility index (Phi) is 8.32. The quantitative estimate of drug-likeness (QED) is 0.241. The van der Waals surface area contributed by atoms with E-state index in [-0.39, 0.29) is 35.4 Å². The van der Waals surface area contributed by atoms with Gasteiger partial charge in [-0.25, -0.2) is 4.39 Å². The Labute approximate surface area is 233 Å². The van der Waals surface area contributed by atoms with Crippen LogP contribution in [0.25, 0.3) is 10.9 Å². The number of nitrogens with one attached hydrogen (secondary N) is 2. The molecule has 0 saturated carbocycles. The first-order valence-electron chi connectivity index (χ1n) is 13.1. The summed E-state index contributed by atoms with van der Waals surface area (Å²) in [7, 11) is 0. The number of anilines is 1. The maximum Gasteiger partial charge on any atom is 0.251 e. The zero-order valence-electron chi connectivity index (χ0n) is 23.4. The molecular weight excluding hydrogens is 509 g/mol. The third-order valence-electron chi connectivity index (χ3n) is 6.33. The first-order valence-corrected chi connectivity index (χ1v) is 13.1. The summed E-state index contributed by atoms with van der Waals surface area (Å²) in [5.74, 6) is -0.399. The van der Waals surface area contributed by atoms with Gasteiger partial charge in [0.2, 0.25) is 5.91 Å². The molecule has 8 nitrogen and oxygen atoms in total. The molecule has 4 aromatic rings. The standard InChI is InChI=1S/C31H34FN5O3/c1-7-8-20(3)35-30(39)21-9-10-26-24(14-21)27(11-12-33-26)40-28-16-25(32)22(13-19(28)2)15-29(38)36-23-17-34-37(18-23)31(4,5)6/h7,9-14,16-18,20H,1,8,15H2,2-6H3,(H,35,39)(H,36,38). The minimum atomic E-state index is -0.559. The second-order valence-corrected chi connectivity index (χ2v) is 10.8. The molecule has 0 spiro atoms. The van der Waals surface area contributed by atoms with E-state index in [9.17, 15) is 9.59 Å². The molecule has 2 aromatic carbocycles. The number of carbonyl (C=O) groups is 2. The number of aromatic nitrogens is 3. The lowest BCUT2D eigenvalue weighted by Gasteiger charge is -2.18. The predicted octanol–water partition coefficient (Wildman–Crippen LogP) is 6.30. The normalized spacial score (nSPS) is 12.2. The highest BCUT2D eigenvalue weighted by Crippen LogP contribution is 2.33. The number of carbonyl (C=O) groups excluding carboxylic acids is 2. The highest BCUT2D eigenvalue weighted by molar-refractivity contribution is 5.99. The number of amides is 2. The van der Waals surface area contributed by atoms with Crippen molar-refractivity contribution in [3.8, 4) is 11.5 Å². The Morgan fingerprint density at radius 3 is 2.65 bits per heavy atom. The number of hydrogen-bond acceptors (Lipinski definition) is 5. The first kappa shape index (κ1) is 28.5. The second kappa shape index (κ2) is 11.7. The molecule has 40 heavy (non-hydrogen) atoms. The molecule has 0 aliphatic rings. The van der Waals surface area contributed by atoms with Crippen LogP contribution in [0.1, 0.15) is 55.6 Å². The molecule has 2 amide bonds. The summed E-state index contributed by atoms with van der Waals surface area (Å²) in [5.41, 5.74) is 2.32. The van der Waals surface area contributed by atoms with Crippen molar-refractivity contribution in [1.82, 2.24) is 20.1 Å². The summed E-state index contributed by atoms with van der Waals surface area (Å²) in [4.78, 5) is 29.7. The van der Waals surface area contributed by atoms with Crippen LogP contribution >= 0.6 is 0 Å². The van der Waals surface area contributed by atoms with Crippen molar-refractivity contribution >= 4 is 28.4 Å². The molecule has 0 saturated heterocycles. The van der Waals surface area contributed by atoms with Crippen molar-refractivity contribution in [3.63, 3.8) is 0 Å². The van der Waals surface area contributed by atoms with Gasteiger partial charge in [0.15, 0.2) is 0 Å². The van der Waals surface area contributed by atoms with E-state index in [1.807, 2.05) is 27.7 Å². The lowest BCUT2D eigenvalue weighted by atomic mass is 10.1. The maximum atomic E-state index is 15.1. The van der Waals surface area contributed by atoms with E-state index in [2.05, 4.69) is 27.3 Å². The van der Waals surface area contributed by atoms with Crippen molar-refractivity contribution in [2.45, 2.75) is 59.0 Å². The van der Waals surface area contributed by atoms with Crippen LogP contribution in [0.15, 0.2) is 67.6 Å². The van der Waals surface area contributed by atoms with E-state index in [1.165, 1.54) is 6.07 Å². The minimum Gasteiger partial charge on any atom is -0.456 e. The van der Waals surface area contributed by atoms with Gasteiger partial charge in [-0.1, -0.05) is 6.08 Å². The first-order chi connectivity index (χ1) is 18.9. The average molecular weight is 544 g/mol. The van der Waals surface area contributed by atoms with Gasteiger partial charge in [-0.05, 0) is 82.5 Å². The van der Waals surface area contributed by atoms with E-state index in [1.54, 1.807) is 66.6 Å². The summed E-state index contributed by atoms with van der Waals surface area (Å²) in [6, 6.07) is 9.64. The zero-order chi connectivity index (χ0) is 29.0. The van der Waals surface area contributed by atoms with Gasteiger partial charge < -0.3 is 15.4 Å². The van der Waals surface area contributed by atoms with Gasteiger partial charge in [0.25, 0.3) is 5.91 Å². The lowest BCUT2D eigenvalue weighted by Crippen LogP contribution is -2.32. The smallest absolute Gasteiger partial charge is 0.251 e.